The number of carbonyl (C=O) groups is 4. The molecule has 166 valence electrons. The molecule has 0 saturated heterocycles. The van der Waals surface area contributed by atoms with Gasteiger partial charge in [0.25, 0.3) is 11.8 Å². The SMILES string of the molecule is Cc1c(F)cc(C(N)=O)cc1NC(=O)C(Cc1ccccc1)N1C(=O)c2ccccc2C1=O. The van der Waals surface area contributed by atoms with Crippen molar-refractivity contribution in [3.63, 3.8) is 0 Å². The Morgan fingerprint density at radius 1 is 0.970 bits per heavy atom. The van der Waals surface area contributed by atoms with Gasteiger partial charge in [-0.1, -0.05) is 42.5 Å². The number of benzene rings is 3. The van der Waals surface area contributed by atoms with Gasteiger partial charge < -0.3 is 11.1 Å². The molecule has 1 unspecified atom stereocenters. The van der Waals surface area contributed by atoms with Gasteiger partial charge in [0.1, 0.15) is 11.9 Å². The van der Waals surface area contributed by atoms with E-state index in [0.717, 1.165) is 16.5 Å². The van der Waals surface area contributed by atoms with Crippen molar-refractivity contribution < 1.29 is 23.6 Å². The lowest BCUT2D eigenvalue weighted by Crippen LogP contribution is -2.48. The second kappa shape index (κ2) is 8.66. The molecule has 0 radical (unpaired) electrons. The summed E-state index contributed by atoms with van der Waals surface area (Å²) < 4.78 is 14.3. The molecule has 1 aliphatic rings. The Bertz CT molecular complexity index is 1260. The Hall–Kier alpha value is -4.33. The van der Waals surface area contributed by atoms with Gasteiger partial charge in [0.2, 0.25) is 11.8 Å². The summed E-state index contributed by atoms with van der Waals surface area (Å²) in [5.74, 6) is -3.44. The number of fused-ring (bicyclic) bond motifs is 1. The van der Waals surface area contributed by atoms with Gasteiger partial charge in [-0.3, -0.25) is 24.1 Å². The third-order valence-corrected chi connectivity index (χ3v) is 5.60. The number of amides is 4. The van der Waals surface area contributed by atoms with Crippen LogP contribution in [0.15, 0.2) is 66.7 Å². The van der Waals surface area contributed by atoms with Crippen molar-refractivity contribution in [1.82, 2.24) is 4.90 Å². The molecule has 3 aromatic carbocycles. The average Bonchev–Trinajstić information content (AvgIpc) is 3.06. The van der Waals surface area contributed by atoms with Gasteiger partial charge in [0.15, 0.2) is 0 Å². The van der Waals surface area contributed by atoms with Crippen LogP contribution in [0.25, 0.3) is 0 Å². The van der Waals surface area contributed by atoms with Crippen LogP contribution in [0, 0.1) is 12.7 Å². The zero-order valence-electron chi connectivity index (χ0n) is 17.7. The number of hydrogen-bond donors (Lipinski definition) is 2. The first-order valence-electron chi connectivity index (χ1n) is 10.2. The van der Waals surface area contributed by atoms with Gasteiger partial charge in [0.05, 0.1) is 11.1 Å². The molecule has 33 heavy (non-hydrogen) atoms. The second-order valence-electron chi connectivity index (χ2n) is 7.72. The number of nitrogens with one attached hydrogen (secondary N) is 1. The molecule has 0 aromatic heterocycles. The van der Waals surface area contributed by atoms with Crippen LogP contribution in [0.3, 0.4) is 0 Å². The Morgan fingerprint density at radius 2 is 1.55 bits per heavy atom. The number of anilines is 1. The van der Waals surface area contributed by atoms with Crippen LogP contribution in [-0.2, 0) is 11.2 Å². The molecule has 8 heteroatoms. The summed E-state index contributed by atoms with van der Waals surface area (Å²) in [6, 6.07) is 16.3. The molecule has 1 aliphatic heterocycles. The maximum absolute atomic E-state index is 14.3. The minimum Gasteiger partial charge on any atom is -0.366 e. The first-order chi connectivity index (χ1) is 15.8. The van der Waals surface area contributed by atoms with Crippen LogP contribution >= 0.6 is 0 Å². The first kappa shape index (κ1) is 21.9. The summed E-state index contributed by atoms with van der Waals surface area (Å²) >= 11 is 0. The summed E-state index contributed by atoms with van der Waals surface area (Å²) in [5.41, 5.74) is 6.42. The molecule has 7 nitrogen and oxygen atoms in total. The van der Waals surface area contributed by atoms with E-state index in [-0.39, 0.29) is 34.4 Å². The van der Waals surface area contributed by atoms with E-state index in [1.807, 2.05) is 6.07 Å². The monoisotopic (exact) mass is 445 g/mol. The van der Waals surface area contributed by atoms with E-state index >= 15 is 0 Å². The van der Waals surface area contributed by atoms with Crippen LogP contribution in [0.5, 0.6) is 0 Å². The number of carbonyl (C=O) groups excluding carboxylic acids is 4. The third-order valence-electron chi connectivity index (χ3n) is 5.60. The summed E-state index contributed by atoms with van der Waals surface area (Å²) in [6.07, 6.45) is 0.0508. The number of nitrogens with two attached hydrogens (primary N) is 1. The predicted octanol–water partition coefficient (Wildman–Crippen LogP) is 3.08. The molecule has 4 rings (SSSR count). The van der Waals surface area contributed by atoms with Crippen molar-refractivity contribution in [2.45, 2.75) is 19.4 Å². The Kier molecular flexibility index (Phi) is 5.74. The molecule has 0 saturated carbocycles. The fourth-order valence-corrected chi connectivity index (χ4v) is 3.80. The van der Waals surface area contributed by atoms with E-state index < -0.39 is 35.5 Å². The smallest absolute Gasteiger partial charge is 0.262 e. The molecule has 0 bridgehead atoms. The summed E-state index contributed by atoms with van der Waals surface area (Å²) in [4.78, 5) is 52.0. The molecular formula is C25H20FN3O4. The number of imide groups is 1. The molecular weight excluding hydrogens is 425 g/mol. The van der Waals surface area contributed by atoms with E-state index in [9.17, 15) is 23.6 Å². The standard InChI is InChI=1S/C25H20FN3O4/c1-14-19(26)12-16(22(27)30)13-20(14)28-23(31)21(11-15-7-3-2-4-8-15)29-24(32)17-9-5-6-10-18(17)25(29)33/h2-10,12-13,21H,11H2,1H3,(H2,27,30)(H,28,31). The number of nitrogens with zero attached hydrogens (tertiary/aromatic N) is 1. The van der Waals surface area contributed by atoms with Gasteiger partial charge in [-0.25, -0.2) is 4.39 Å². The second-order valence-corrected chi connectivity index (χ2v) is 7.72. The topological polar surface area (TPSA) is 110 Å². The van der Waals surface area contributed by atoms with Crippen molar-refractivity contribution in [2.24, 2.45) is 5.73 Å². The van der Waals surface area contributed by atoms with Gasteiger partial charge in [-0.05, 0) is 36.8 Å². The van der Waals surface area contributed by atoms with Crippen molar-refractivity contribution in [3.8, 4) is 0 Å². The number of hydrogen-bond acceptors (Lipinski definition) is 4. The van der Waals surface area contributed by atoms with Crippen LogP contribution in [0.2, 0.25) is 0 Å². The van der Waals surface area contributed by atoms with Crippen LogP contribution in [0.4, 0.5) is 10.1 Å². The van der Waals surface area contributed by atoms with E-state index in [2.05, 4.69) is 5.32 Å². The lowest BCUT2D eigenvalue weighted by atomic mass is 10.0. The van der Waals surface area contributed by atoms with Gasteiger partial charge >= 0.3 is 0 Å². The van der Waals surface area contributed by atoms with Crippen molar-refractivity contribution in [1.29, 1.82) is 0 Å². The first-order valence-corrected chi connectivity index (χ1v) is 10.2. The maximum Gasteiger partial charge on any atom is 0.262 e. The molecule has 0 fully saturated rings. The largest absolute Gasteiger partial charge is 0.366 e. The maximum atomic E-state index is 14.3. The summed E-state index contributed by atoms with van der Waals surface area (Å²) in [6.45, 7) is 1.43. The minimum absolute atomic E-state index is 0.0310. The third kappa shape index (κ3) is 4.10. The highest BCUT2D eigenvalue weighted by Crippen LogP contribution is 2.27. The lowest BCUT2D eigenvalue weighted by Gasteiger charge is -2.26. The molecule has 0 spiro atoms. The fraction of sp³-hybridized carbons (Fsp3) is 0.120. The van der Waals surface area contributed by atoms with Crippen molar-refractivity contribution in [3.05, 3.63) is 100 Å². The zero-order valence-corrected chi connectivity index (χ0v) is 17.7. The number of primary amides is 1. The predicted molar refractivity (Wildman–Crippen MR) is 119 cm³/mol. The van der Waals surface area contributed by atoms with E-state index in [1.165, 1.54) is 25.1 Å². The fourth-order valence-electron chi connectivity index (χ4n) is 3.80. The van der Waals surface area contributed by atoms with Crippen LogP contribution in [0.1, 0.15) is 42.2 Å². The van der Waals surface area contributed by atoms with Crippen LogP contribution < -0.4 is 11.1 Å². The Balaban J connectivity index is 1.72. The van der Waals surface area contributed by atoms with Crippen LogP contribution in [-0.4, -0.2) is 34.6 Å². The average molecular weight is 445 g/mol. The normalized spacial score (nSPS) is 13.6. The number of halogens is 1. The highest BCUT2D eigenvalue weighted by Gasteiger charge is 2.42. The Morgan fingerprint density at radius 3 is 2.12 bits per heavy atom. The number of rotatable bonds is 6. The lowest BCUT2D eigenvalue weighted by molar-refractivity contribution is -0.119. The zero-order chi connectivity index (χ0) is 23.7. The van der Waals surface area contributed by atoms with Gasteiger partial charge in [0, 0.05) is 23.2 Å². The highest BCUT2D eigenvalue weighted by molar-refractivity contribution is 6.23. The quantitative estimate of drug-likeness (QED) is 0.568. The van der Waals surface area contributed by atoms with E-state index in [1.54, 1.807) is 36.4 Å². The van der Waals surface area contributed by atoms with Gasteiger partial charge in [-0.15, -0.1) is 0 Å². The Labute approximate surface area is 189 Å². The van der Waals surface area contributed by atoms with Crippen molar-refractivity contribution in [2.75, 3.05) is 5.32 Å². The van der Waals surface area contributed by atoms with Crippen molar-refractivity contribution >= 4 is 29.3 Å². The summed E-state index contributed by atoms with van der Waals surface area (Å²) in [5, 5.41) is 2.58. The summed E-state index contributed by atoms with van der Waals surface area (Å²) in [7, 11) is 0. The molecule has 3 N–H and O–H groups in total. The minimum atomic E-state index is -1.21. The van der Waals surface area contributed by atoms with Gasteiger partial charge in [-0.2, -0.15) is 0 Å². The molecule has 1 atom stereocenters. The molecule has 1 heterocycles. The van der Waals surface area contributed by atoms with E-state index in [0.29, 0.717) is 0 Å². The van der Waals surface area contributed by atoms with E-state index in [4.69, 9.17) is 5.73 Å². The molecule has 0 aliphatic carbocycles. The highest BCUT2D eigenvalue weighted by atomic mass is 19.1. The molecule has 4 amide bonds. The molecule has 3 aromatic rings.